The molecule has 3 nitrogen and oxygen atoms in total. The summed E-state index contributed by atoms with van der Waals surface area (Å²) in [4.78, 5) is 12.8. The van der Waals surface area contributed by atoms with E-state index >= 15 is 0 Å². The second-order valence-electron chi connectivity index (χ2n) is 7.28. The number of rotatable bonds is 1. The Kier molecular flexibility index (Phi) is 3.64. The molecule has 0 bridgehead atoms. The smallest absolute Gasteiger partial charge is 0.164 e. The van der Waals surface area contributed by atoms with Crippen LogP contribution in [0, 0.1) is 18.3 Å². The van der Waals surface area contributed by atoms with Gasteiger partial charge in [0, 0.05) is 12.0 Å². The Bertz CT molecular complexity index is 655. The molecule has 0 aromatic heterocycles. The van der Waals surface area contributed by atoms with E-state index in [4.69, 9.17) is 4.74 Å². The van der Waals surface area contributed by atoms with Crippen molar-refractivity contribution < 1.29 is 14.6 Å². The maximum atomic E-state index is 12.8. The van der Waals surface area contributed by atoms with Crippen LogP contribution in [0.15, 0.2) is 17.7 Å². The number of aryl methyl sites for hydroxylation is 1. The zero-order valence-electron chi connectivity index (χ0n) is 13.8. The molecule has 0 radical (unpaired) electrons. The molecule has 1 saturated carbocycles. The lowest BCUT2D eigenvalue weighted by Crippen LogP contribution is -2.37. The summed E-state index contributed by atoms with van der Waals surface area (Å²) < 4.78 is 5.39. The van der Waals surface area contributed by atoms with Crippen molar-refractivity contribution in [3.63, 3.8) is 0 Å². The molecule has 0 saturated heterocycles. The first-order chi connectivity index (χ1) is 10.3. The topological polar surface area (TPSA) is 46.5 Å². The summed E-state index contributed by atoms with van der Waals surface area (Å²) in [7, 11) is 1.64. The van der Waals surface area contributed by atoms with Gasteiger partial charge in [-0.05, 0) is 59.9 Å². The highest BCUT2D eigenvalue weighted by atomic mass is 16.5. The molecule has 2 aliphatic carbocycles. The largest absolute Gasteiger partial charge is 0.496 e. The quantitative estimate of drug-likeness (QED) is 0.858. The highest BCUT2D eigenvalue weighted by molar-refractivity contribution is 6.01. The second kappa shape index (κ2) is 5.24. The molecular formula is C19H24O3. The van der Waals surface area contributed by atoms with Gasteiger partial charge in [0.05, 0.1) is 13.2 Å². The Morgan fingerprint density at radius 2 is 2.05 bits per heavy atom. The molecule has 3 rings (SSSR count). The zero-order valence-corrected chi connectivity index (χ0v) is 13.8. The number of ketones is 1. The first-order valence-electron chi connectivity index (χ1n) is 7.95. The predicted molar refractivity (Wildman–Crippen MR) is 87.2 cm³/mol. The highest BCUT2D eigenvalue weighted by Gasteiger charge is 2.42. The van der Waals surface area contributed by atoms with Crippen LogP contribution in [0.2, 0.25) is 0 Å². The average molecular weight is 300 g/mol. The van der Waals surface area contributed by atoms with E-state index < -0.39 is 6.10 Å². The fourth-order valence-corrected chi connectivity index (χ4v) is 3.88. The van der Waals surface area contributed by atoms with E-state index in [1.807, 2.05) is 25.1 Å². The fourth-order valence-electron chi connectivity index (χ4n) is 3.88. The van der Waals surface area contributed by atoms with E-state index in [0.29, 0.717) is 6.42 Å². The predicted octanol–water partition coefficient (Wildman–Crippen LogP) is 3.77. The Morgan fingerprint density at radius 3 is 2.73 bits per heavy atom. The Hall–Kier alpha value is -1.61. The molecule has 118 valence electrons. The van der Waals surface area contributed by atoms with Gasteiger partial charge in [-0.2, -0.15) is 0 Å². The highest BCUT2D eigenvalue weighted by Crippen LogP contribution is 2.48. The molecule has 0 unspecified atom stereocenters. The number of Topliss-reactive ketones (excluding diaryl/α,β-unsaturated/α-hetero) is 1. The van der Waals surface area contributed by atoms with Crippen LogP contribution in [0.1, 0.15) is 54.6 Å². The third kappa shape index (κ3) is 2.38. The standard InChI is InChI=1S/C19H24O3/c1-11-7-13-12(9-18(11)22-4)8-14-15(10-17(13)21)19(2,3)6-5-16(14)20/h7-9,15-16,20H,5-6,10H2,1-4H3/t15-,16+/m0/s1. The fraction of sp³-hybridized carbons (Fsp3) is 0.526. The van der Waals surface area contributed by atoms with Crippen LogP contribution >= 0.6 is 0 Å². The summed E-state index contributed by atoms with van der Waals surface area (Å²) >= 11 is 0. The lowest BCUT2D eigenvalue weighted by atomic mass is 9.64. The van der Waals surface area contributed by atoms with E-state index in [1.165, 1.54) is 0 Å². The van der Waals surface area contributed by atoms with Gasteiger partial charge in [0.15, 0.2) is 5.78 Å². The number of carbonyl (C=O) groups excluding carboxylic acids is 1. The number of hydrogen-bond donors (Lipinski definition) is 1. The third-order valence-electron chi connectivity index (χ3n) is 5.37. The van der Waals surface area contributed by atoms with Crippen LogP contribution in [0.25, 0.3) is 6.08 Å². The normalized spacial score (nSPS) is 26.6. The molecular weight excluding hydrogens is 276 g/mol. The number of ether oxygens (including phenoxy) is 1. The maximum Gasteiger partial charge on any atom is 0.164 e. The van der Waals surface area contributed by atoms with Gasteiger partial charge in [0.25, 0.3) is 0 Å². The summed E-state index contributed by atoms with van der Waals surface area (Å²) in [6.45, 7) is 6.36. The van der Waals surface area contributed by atoms with E-state index in [9.17, 15) is 9.90 Å². The van der Waals surface area contributed by atoms with Crippen LogP contribution in [-0.4, -0.2) is 24.1 Å². The molecule has 2 aliphatic rings. The van der Waals surface area contributed by atoms with Crippen molar-refractivity contribution in [2.24, 2.45) is 11.3 Å². The number of carbonyl (C=O) groups is 1. The van der Waals surface area contributed by atoms with Crippen molar-refractivity contribution in [3.05, 3.63) is 34.4 Å². The van der Waals surface area contributed by atoms with E-state index in [-0.39, 0.29) is 17.1 Å². The van der Waals surface area contributed by atoms with Crippen molar-refractivity contribution in [3.8, 4) is 5.75 Å². The summed E-state index contributed by atoms with van der Waals surface area (Å²) in [5.41, 5.74) is 3.65. The molecule has 0 amide bonds. The lowest BCUT2D eigenvalue weighted by Gasteiger charge is -2.42. The molecule has 1 aromatic carbocycles. The van der Waals surface area contributed by atoms with Gasteiger partial charge in [-0.15, -0.1) is 0 Å². The Morgan fingerprint density at radius 1 is 1.32 bits per heavy atom. The molecule has 0 spiro atoms. The second-order valence-corrected chi connectivity index (χ2v) is 7.28. The van der Waals surface area contributed by atoms with Crippen molar-refractivity contribution in [1.29, 1.82) is 0 Å². The number of fused-ring (bicyclic) bond motifs is 2. The van der Waals surface area contributed by atoms with Gasteiger partial charge in [-0.3, -0.25) is 4.79 Å². The first kappa shape index (κ1) is 15.3. The van der Waals surface area contributed by atoms with Crippen LogP contribution in [-0.2, 0) is 0 Å². The minimum atomic E-state index is -0.441. The van der Waals surface area contributed by atoms with Crippen molar-refractivity contribution in [1.82, 2.24) is 0 Å². The molecule has 0 heterocycles. The van der Waals surface area contributed by atoms with E-state index in [0.717, 1.165) is 40.9 Å². The Balaban J connectivity index is 2.17. The zero-order chi connectivity index (χ0) is 16.1. The van der Waals surface area contributed by atoms with Crippen molar-refractivity contribution in [2.75, 3.05) is 7.11 Å². The van der Waals surface area contributed by atoms with Gasteiger partial charge in [0.1, 0.15) is 5.75 Å². The van der Waals surface area contributed by atoms with Crippen LogP contribution in [0.5, 0.6) is 5.75 Å². The molecule has 1 aromatic rings. The number of methoxy groups -OCH3 is 1. The van der Waals surface area contributed by atoms with Crippen LogP contribution in [0.3, 0.4) is 0 Å². The molecule has 3 heteroatoms. The number of aliphatic hydroxyl groups is 1. The van der Waals surface area contributed by atoms with Gasteiger partial charge < -0.3 is 9.84 Å². The monoisotopic (exact) mass is 300 g/mol. The van der Waals surface area contributed by atoms with Gasteiger partial charge in [-0.25, -0.2) is 0 Å². The molecule has 1 fully saturated rings. The summed E-state index contributed by atoms with van der Waals surface area (Å²) in [5, 5.41) is 10.4. The van der Waals surface area contributed by atoms with Gasteiger partial charge in [0.2, 0.25) is 0 Å². The van der Waals surface area contributed by atoms with Gasteiger partial charge >= 0.3 is 0 Å². The molecule has 1 N–H and O–H groups in total. The summed E-state index contributed by atoms with van der Waals surface area (Å²) in [5.74, 6) is 1.06. The first-order valence-corrected chi connectivity index (χ1v) is 7.95. The number of benzene rings is 1. The van der Waals surface area contributed by atoms with E-state index in [1.54, 1.807) is 7.11 Å². The minimum Gasteiger partial charge on any atom is -0.496 e. The summed E-state index contributed by atoms with van der Waals surface area (Å²) in [6.07, 6.45) is 3.78. The van der Waals surface area contributed by atoms with Crippen LogP contribution < -0.4 is 4.74 Å². The SMILES string of the molecule is COc1cc2c(cc1C)C(=O)C[C@H]1C(=C2)[C@H](O)CCC1(C)C. The average Bonchev–Trinajstić information content (AvgIpc) is 2.61. The summed E-state index contributed by atoms with van der Waals surface area (Å²) in [6, 6.07) is 3.84. The van der Waals surface area contributed by atoms with Crippen LogP contribution in [0.4, 0.5) is 0 Å². The lowest BCUT2D eigenvalue weighted by molar-refractivity contribution is 0.0726. The maximum absolute atomic E-state index is 12.8. The van der Waals surface area contributed by atoms with E-state index in [2.05, 4.69) is 13.8 Å². The number of aliphatic hydroxyl groups excluding tert-OH is 1. The van der Waals surface area contributed by atoms with Crippen molar-refractivity contribution >= 4 is 11.9 Å². The van der Waals surface area contributed by atoms with Crippen molar-refractivity contribution in [2.45, 2.75) is 46.1 Å². The van der Waals surface area contributed by atoms with Gasteiger partial charge in [-0.1, -0.05) is 19.9 Å². The third-order valence-corrected chi connectivity index (χ3v) is 5.37. The molecule has 22 heavy (non-hydrogen) atoms. The molecule has 2 atom stereocenters. The number of hydrogen-bond acceptors (Lipinski definition) is 3. The Labute approximate surface area is 132 Å². The minimum absolute atomic E-state index is 0.0435. The molecule has 0 aliphatic heterocycles.